The third-order valence-electron chi connectivity index (χ3n) is 1.57. The number of ether oxygens (including phenoxy) is 1. The molecule has 1 rings (SSSR count). The Bertz CT molecular complexity index is 406. The molecular weight excluding hydrogens is 231 g/mol. The number of nitrogens with zero attached hydrogens (tertiary/aromatic N) is 1. The van der Waals surface area contributed by atoms with E-state index in [0.29, 0.717) is 5.75 Å². The van der Waals surface area contributed by atoms with E-state index in [9.17, 15) is 13.0 Å². The number of anilines is 1. The van der Waals surface area contributed by atoms with Crippen LogP contribution in [0, 0.1) is 0 Å². The Hall–Kier alpha value is -0.310. The van der Waals surface area contributed by atoms with E-state index in [0.717, 1.165) is 0 Å². The van der Waals surface area contributed by atoms with Gasteiger partial charge in [-0.2, -0.15) is 0 Å². The van der Waals surface area contributed by atoms with Crippen LogP contribution in [0.25, 0.3) is 0 Å². The van der Waals surface area contributed by atoms with Gasteiger partial charge in [0.05, 0.1) is 12.8 Å². The third kappa shape index (κ3) is 3.98. The molecule has 0 unspecified atom stereocenters. The summed E-state index contributed by atoms with van der Waals surface area (Å²) in [6.07, 6.45) is 0. The second-order valence-corrected chi connectivity index (χ2v) is 3.70. The summed E-state index contributed by atoms with van der Waals surface area (Å²) < 4.78 is 36.5. The van der Waals surface area contributed by atoms with Gasteiger partial charge < -0.3 is 9.29 Å². The number of hydrazine groups is 1. The van der Waals surface area contributed by atoms with Crippen molar-refractivity contribution in [3.05, 3.63) is 24.3 Å². The zero-order chi connectivity index (χ0) is 10.8. The summed E-state index contributed by atoms with van der Waals surface area (Å²) in [5.41, 5.74) is 0.0841. The average Bonchev–Trinajstić information content (AvgIpc) is 2.15. The maximum Gasteiger partial charge on any atom is 1.00 e. The van der Waals surface area contributed by atoms with Gasteiger partial charge in [0.2, 0.25) is 0 Å². The topological polar surface area (TPSA) is 95.7 Å². The van der Waals surface area contributed by atoms with Gasteiger partial charge >= 0.3 is 29.6 Å². The van der Waals surface area contributed by atoms with Crippen LogP contribution < -0.4 is 44.6 Å². The van der Waals surface area contributed by atoms with Gasteiger partial charge in [-0.25, -0.2) is 18.7 Å². The van der Waals surface area contributed by atoms with Gasteiger partial charge in [-0.05, 0) is 24.3 Å². The maximum absolute atomic E-state index is 10.5. The minimum Gasteiger partial charge on any atom is -0.730 e. The zero-order valence-corrected chi connectivity index (χ0v) is 11.2. The predicted octanol–water partition coefficient (Wildman–Crippen LogP) is -3.16. The van der Waals surface area contributed by atoms with Crippen molar-refractivity contribution in [2.45, 2.75) is 0 Å². The van der Waals surface area contributed by atoms with E-state index in [1.54, 1.807) is 0 Å². The molecule has 0 aliphatic rings. The molecule has 1 aromatic carbocycles. The molecule has 15 heavy (non-hydrogen) atoms. The molecule has 0 saturated heterocycles. The molecule has 78 valence electrons. The summed E-state index contributed by atoms with van der Waals surface area (Å²) in [7, 11) is -3.18. The number of methoxy groups -OCH3 is 1. The van der Waals surface area contributed by atoms with Crippen molar-refractivity contribution in [3.63, 3.8) is 0 Å². The van der Waals surface area contributed by atoms with Crippen molar-refractivity contribution < 1.29 is 47.3 Å². The van der Waals surface area contributed by atoms with Gasteiger partial charge in [0, 0.05) is 0 Å². The summed E-state index contributed by atoms with van der Waals surface area (Å²) in [5, 5.41) is 0. The minimum atomic E-state index is -4.66. The van der Waals surface area contributed by atoms with Crippen molar-refractivity contribution >= 4 is 16.0 Å². The fourth-order valence-corrected chi connectivity index (χ4v) is 1.24. The van der Waals surface area contributed by atoms with Crippen molar-refractivity contribution in [2.24, 2.45) is 5.84 Å². The van der Waals surface area contributed by atoms with Crippen LogP contribution in [0.15, 0.2) is 24.3 Å². The molecule has 0 amide bonds. The second-order valence-electron chi connectivity index (χ2n) is 2.45. The molecule has 0 spiro atoms. The molecule has 6 nitrogen and oxygen atoms in total. The van der Waals surface area contributed by atoms with Crippen molar-refractivity contribution in [2.75, 3.05) is 11.5 Å². The Kier molecular flexibility index (Phi) is 5.57. The summed E-state index contributed by atoms with van der Waals surface area (Å²) >= 11 is 0. The number of nitrogens with two attached hydrogens (primary N) is 1. The van der Waals surface area contributed by atoms with E-state index in [4.69, 9.17) is 10.6 Å². The van der Waals surface area contributed by atoms with Gasteiger partial charge in [0.25, 0.3) is 0 Å². The molecule has 0 radical (unpaired) electrons. The molecule has 0 bridgehead atoms. The summed E-state index contributed by atoms with van der Waals surface area (Å²) in [4.78, 5) is 0. The number of hydrogen-bond donors (Lipinski definition) is 1. The second kappa shape index (κ2) is 5.69. The van der Waals surface area contributed by atoms with E-state index in [1.165, 1.54) is 31.4 Å². The van der Waals surface area contributed by atoms with Gasteiger partial charge in [0.15, 0.2) is 10.3 Å². The van der Waals surface area contributed by atoms with Gasteiger partial charge in [0.1, 0.15) is 5.75 Å². The fourth-order valence-electron chi connectivity index (χ4n) is 0.858. The number of rotatable bonds is 3. The Balaban J connectivity index is 0.00000196. The molecule has 0 aliphatic heterocycles. The smallest absolute Gasteiger partial charge is 0.730 e. The van der Waals surface area contributed by atoms with E-state index < -0.39 is 10.3 Å². The van der Waals surface area contributed by atoms with Gasteiger partial charge in [-0.1, -0.05) is 0 Å². The van der Waals surface area contributed by atoms with Crippen molar-refractivity contribution in [3.8, 4) is 5.75 Å². The van der Waals surface area contributed by atoms with Crippen LogP contribution in [0.2, 0.25) is 0 Å². The minimum absolute atomic E-state index is 0. The Labute approximate surface area is 110 Å². The Morgan fingerprint density at radius 1 is 1.33 bits per heavy atom. The van der Waals surface area contributed by atoms with Crippen LogP contribution >= 0.6 is 0 Å². The Morgan fingerprint density at radius 2 is 1.80 bits per heavy atom. The van der Waals surface area contributed by atoms with E-state index in [2.05, 4.69) is 0 Å². The molecule has 0 aromatic heterocycles. The first-order valence-corrected chi connectivity index (χ1v) is 4.96. The van der Waals surface area contributed by atoms with Crippen molar-refractivity contribution in [1.82, 2.24) is 0 Å². The van der Waals surface area contributed by atoms with Crippen LogP contribution in [0.4, 0.5) is 5.69 Å². The quantitative estimate of drug-likeness (QED) is 0.260. The molecule has 0 fully saturated rings. The summed E-state index contributed by atoms with van der Waals surface area (Å²) in [6, 6.07) is 5.74. The Morgan fingerprint density at radius 3 is 2.13 bits per heavy atom. The standard InChI is InChI=1S/C7H10N2O4S.Na/c1-13-7-4-2-6(3-5-7)9(8)14(10,11)12;/h2-5H,8H2,1H3,(H,10,11,12);/q;+1/p-1. The molecule has 0 heterocycles. The van der Waals surface area contributed by atoms with Crippen LogP contribution in [0.5, 0.6) is 5.75 Å². The third-order valence-corrected chi connectivity index (χ3v) is 2.26. The average molecular weight is 240 g/mol. The predicted molar refractivity (Wildman–Crippen MR) is 49.4 cm³/mol. The fraction of sp³-hybridized carbons (Fsp3) is 0.143. The molecular formula is C7H9N2NaO4S. The van der Waals surface area contributed by atoms with E-state index in [1.807, 2.05) is 0 Å². The number of benzene rings is 1. The molecule has 0 aliphatic carbocycles. The first-order valence-electron chi connectivity index (χ1n) is 3.60. The van der Waals surface area contributed by atoms with Gasteiger partial charge in [-0.3, -0.25) is 0 Å². The molecule has 0 atom stereocenters. The first-order chi connectivity index (χ1) is 6.45. The zero-order valence-electron chi connectivity index (χ0n) is 8.38. The maximum atomic E-state index is 10.5. The normalized spacial score (nSPS) is 10.3. The largest absolute Gasteiger partial charge is 1.00 e. The van der Waals surface area contributed by atoms with E-state index in [-0.39, 0.29) is 39.7 Å². The molecule has 1 aromatic rings. The van der Waals surface area contributed by atoms with Crippen LogP contribution in [0.1, 0.15) is 0 Å². The molecule has 8 heteroatoms. The van der Waals surface area contributed by atoms with Crippen LogP contribution in [-0.2, 0) is 10.3 Å². The SMILES string of the molecule is COc1ccc(N(N)S(=O)(=O)[O-])cc1.[Na+]. The summed E-state index contributed by atoms with van der Waals surface area (Å²) in [6.45, 7) is 0. The van der Waals surface area contributed by atoms with E-state index >= 15 is 0 Å². The molecule has 2 N–H and O–H groups in total. The van der Waals surface area contributed by atoms with Crippen molar-refractivity contribution in [1.29, 1.82) is 0 Å². The first kappa shape index (κ1) is 14.7. The monoisotopic (exact) mass is 240 g/mol. The van der Waals surface area contributed by atoms with Crippen LogP contribution in [-0.4, -0.2) is 20.1 Å². The number of hydrogen-bond acceptors (Lipinski definition) is 5. The molecule has 0 saturated carbocycles. The summed E-state index contributed by atoms with van der Waals surface area (Å²) in [5.74, 6) is 5.60. The van der Waals surface area contributed by atoms with Crippen LogP contribution in [0.3, 0.4) is 0 Å². The van der Waals surface area contributed by atoms with Gasteiger partial charge in [-0.15, -0.1) is 0 Å².